The highest BCUT2D eigenvalue weighted by Gasteiger charge is 2.31. The van der Waals surface area contributed by atoms with Crippen molar-refractivity contribution in [2.24, 2.45) is 0 Å². The van der Waals surface area contributed by atoms with E-state index in [1.807, 2.05) is 0 Å². The Bertz CT molecular complexity index is 571. The molecule has 0 spiro atoms. The van der Waals surface area contributed by atoms with Gasteiger partial charge in [0.2, 0.25) is 5.91 Å². The van der Waals surface area contributed by atoms with Gasteiger partial charge in [0.25, 0.3) is 5.91 Å². The number of benzene rings is 1. The minimum absolute atomic E-state index is 0.160. The maximum absolute atomic E-state index is 11.8. The quantitative estimate of drug-likeness (QED) is 0.631. The van der Waals surface area contributed by atoms with Gasteiger partial charge in [0.15, 0.2) is 6.04 Å². The molecule has 8 heteroatoms. The van der Waals surface area contributed by atoms with Crippen molar-refractivity contribution < 1.29 is 24.3 Å². The Balaban J connectivity index is 2.04. The van der Waals surface area contributed by atoms with Gasteiger partial charge in [-0.3, -0.25) is 14.5 Å². The van der Waals surface area contributed by atoms with Crippen molar-refractivity contribution >= 4 is 23.8 Å². The van der Waals surface area contributed by atoms with Crippen LogP contribution >= 0.6 is 0 Å². The smallest absolute Gasteiger partial charge is 0.330 e. The first-order valence-electron chi connectivity index (χ1n) is 6.14. The summed E-state index contributed by atoms with van der Waals surface area (Å²) in [6, 6.07) is 6.24. The number of carboxylic acids is 1. The first kappa shape index (κ1) is 14.5. The topological polar surface area (TPSA) is 116 Å². The second-order valence-electron chi connectivity index (χ2n) is 4.39. The number of carbonyl (C=O) groups excluding carboxylic acids is 3. The van der Waals surface area contributed by atoms with Crippen molar-refractivity contribution in [3.8, 4) is 0 Å². The minimum Gasteiger partial charge on any atom is -0.479 e. The number of nitrogens with one attached hydrogen (secondary N) is 2. The highest BCUT2D eigenvalue weighted by atomic mass is 16.4. The number of hydrogen-bond acceptors (Lipinski definition) is 4. The third-order valence-electron chi connectivity index (χ3n) is 2.92. The van der Waals surface area contributed by atoms with Crippen molar-refractivity contribution in [1.29, 1.82) is 0 Å². The zero-order chi connectivity index (χ0) is 15.4. The monoisotopic (exact) mass is 291 g/mol. The standard InChI is InChI=1S/C13H13N3O5/c17-9(7-16-10(18)6-14-13(16)21)15-11(12(19)20)8-4-2-1-3-5-8/h1-5,11H,6-7H2,(H,14,21)(H,15,17)(H,19,20)/t11-/m1/s1. The molecular formula is C13H13N3O5. The molecule has 8 nitrogen and oxygen atoms in total. The predicted octanol–water partition coefficient (Wildman–Crippen LogP) is -0.520. The van der Waals surface area contributed by atoms with Crippen LogP contribution in [0.5, 0.6) is 0 Å². The molecule has 3 N–H and O–H groups in total. The molecule has 21 heavy (non-hydrogen) atoms. The molecule has 0 radical (unpaired) electrons. The van der Waals surface area contributed by atoms with Gasteiger partial charge >= 0.3 is 12.0 Å². The molecule has 1 aliphatic rings. The van der Waals surface area contributed by atoms with Gasteiger partial charge in [0.05, 0.1) is 6.54 Å². The molecule has 1 saturated heterocycles. The van der Waals surface area contributed by atoms with Crippen LogP contribution in [0.1, 0.15) is 11.6 Å². The lowest BCUT2D eigenvalue weighted by molar-refractivity contribution is -0.142. The number of aliphatic carboxylic acids is 1. The Kier molecular flexibility index (Phi) is 4.17. The number of carbonyl (C=O) groups is 4. The summed E-state index contributed by atoms with van der Waals surface area (Å²) in [6.45, 7) is -0.672. The van der Waals surface area contributed by atoms with Crippen LogP contribution in [0.4, 0.5) is 4.79 Å². The largest absolute Gasteiger partial charge is 0.479 e. The second kappa shape index (κ2) is 6.04. The van der Waals surface area contributed by atoms with Crippen molar-refractivity contribution in [3.05, 3.63) is 35.9 Å². The molecule has 0 unspecified atom stereocenters. The summed E-state index contributed by atoms with van der Waals surface area (Å²) in [4.78, 5) is 46.5. The zero-order valence-electron chi connectivity index (χ0n) is 10.9. The normalized spacial score (nSPS) is 15.5. The highest BCUT2D eigenvalue weighted by molar-refractivity contribution is 6.04. The van der Waals surface area contributed by atoms with E-state index in [1.54, 1.807) is 30.3 Å². The molecule has 0 aliphatic carbocycles. The highest BCUT2D eigenvalue weighted by Crippen LogP contribution is 2.12. The molecule has 1 heterocycles. The summed E-state index contributed by atoms with van der Waals surface area (Å²) in [6.07, 6.45) is 0. The molecule has 1 aromatic carbocycles. The van der Waals surface area contributed by atoms with Gasteiger partial charge in [-0.25, -0.2) is 9.59 Å². The summed E-state index contributed by atoms with van der Waals surface area (Å²) in [5.74, 6) is -2.48. The van der Waals surface area contributed by atoms with Crippen LogP contribution in [0.2, 0.25) is 0 Å². The van der Waals surface area contributed by atoms with Crippen molar-refractivity contribution in [2.75, 3.05) is 13.1 Å². The zero-order valence-corrected chi connectivity index (χ0v) is 10.9. The lowest BCUT2D eigenvalue weighted by Gasteiger charge is -2.17. The fourth-order valence-electron chi connectivity index (χ4n) is 1.90. The van der Waals surface area contributed by atoms with Crippen LogP contribution in [-0.2, 0) is 14.4 Å². The maximum Gasteiger partial charge on any atom is 0.330 e. The Labute approximate surface area is 119 Å². The Morgan fingerprint density at radius 1 is 1.29 bits per heavy atom. The van der Waals surface area contributed by atoms with Crippen LogP contribution in [0, 0.1) is 0 Å². The molecule has 110 valence electrons. The summed E-state index contributed by atoms with van der Waals surface area (Å²) < 4.78 is 0. The first-order chi connectivity index (χ1) is 9.99. The molecular weight excluding hydrogens is 278 g/mol. The van der Waals surface area contributed by atoms with Crippen LogP contribution < -0.4 is 10.6 Å². The summed E-state index contributed by atoms with van der Waals surface area (Å²) in [7, 11) is 0. The lowest BCUT2D eigenvalue weighted by Crippen LogP contribution is -2.43. The van der Waals surface area contributed by atoms with Crippen LogP contribution in [-0.4, -0.2) is 46.9 Å². The fourth-order valence-corrected chi connectivity index (χ4v) is 1.90. The van der Waals surface area contributed by atoms with Gasteiger partial charge in [-0.1, -0.05) is 30.3 Å². The minimum atomic E-state index is -1.24. The van der Waals surface area contributed by atoms with E-state index < -0.39 is 36.4 Å². The molecule has 0 aromatic heterocycles. The Morgan fingerprint density at radius 3 is 2.48 bits per heavy atom. The number of carboxylic acid groups (broad SMARTS) is 1. The van der Waals surface area contributed by atoms with E-state index in [0.29, 0.717) is 5.56 Å². The molecule has 1 fully saturated rings. The van der Waals surface area contributed by atoms with Gasteiger partial charge in [-0.05, 0) is 5.56 Å². The van der Waals surface area contributed by atoms with Gasteiger partial charge < -0.3 is 15.7 Å². The van der Waals surface area contributed by atoms with E-state index in [4.69, 9.17) is 5.11 Å². The Hall–Kier alpha value is -2.90. The average Bonchev–Trinajstić information content (AvgIpc) is 2.77. The number of rotatable bonds is 5. The summed E-state index contributed by atoms with van der Waals surface area (Å²) >= 11 is 0. The Morgan fingerprint density at radius 2 is 1.95 bits per heavy atom. The number of hydrogen-bond donors (Lipinski definition) is 3. The van der Waals surface area contributed by atoms with Crippen LogP contribution in [0.3, 0.4) is 0 Å². The van der Waals surface area contributed by atoms with Gasteiger partial charge in [-0.2, -0.15) is 0 Å². The van der Waals surface area contributed by atoms with Gasteiger partial charge in [-0.15, -0.1) is 0 Å². The van der Waals surface area contributed by atoms with E-state index >= 15 is 0 Å². The van der Waals surface area contributed by atoms with Gasteiger partial charge in [0.1, 0.15) is 6.54 Å². The summed E-state index contributed by atoms with van der Waals surface area (Å²) in [5.41, 5.74) is 0.399. The number of imide groups is 1. The average molecular weight is 291 g/mol. The number of urea groups is 1. The number of nitrogens with zero attached hydrogens (tertiary/aromatic N) is 1. The van der Waals surface area contributed by atoms with E-state index in [1.165, 1.54) is 0 Å². The van der Waals surface area contributed by atoms with Crippen LogP contribution in [0.25, 0.3) is 0 Å². The van der Waals surface area contributed by atoms with Gasteiger partial charge in [0, 0.05) is 0 Å². The maximum atomic E-state index is 11.8. The van der Waals surface area contributed by atoms with Crippen molar-refractivity contribution in [3.63, 3.8) is 0 Å². The van der Waals surface area contributed by atoms with Crippen LogP contribution in [0.15, 0.2) is 30.3 Å². The van der Waals surface area contributed by atoms with Crippen molar-refractivity contribution in [1.82, 2.24) is 15.5 Å². The lowest BCUT2D eigenvalue weighted by atomic mass is 10.1. The third-order valence-corrected chi connectivity index (χ3v) is 2.92. The van der Waals surface area contributed by atoms with E-state index in [9.17, 15) is 19.2 Å². The van der Waals surface area contributed by atoms with Crippen molar-refractivity contribution in [2.45, 2.75) is 6.04 Å². The second-order valence-corrected chi connectivity index (χ2v) is 4.39. The molecule has 4 amide bonds. The SMILES string of the molecule is O=C(CN1C(=O)CNC1=O)N[C@@H](C(=O)O)c1ccccc1. The molecule has 0 saturated carbocycles. The first-order valence-corrected chi connectivity index (χ1v) is 6.14. The molecule has 1 aromatic rings. The molecule has 2 rings (SSSR count). The molecule has 0 bridgehead atoms. The van der Waals surface area contributed by atoms with E-state index in [0.717, 1.165) is 4.90 Å². The fraction of sp³-hybridized carbons (Fsp3) is 0.231. The molecule has 1 aliphatic heterocycles. The predicted molar refractivity (Wildman–Crippen MR) is 70.1 cm³/mol. The third kappa shape index (κ3) is 3.35. The molecule has 1 atom stereocenters. The van der Waals surface area contributed by atoms with E-state index in [-0.39, 0.29) is 6.54 Å². The summed E-state index contributed by atoms with van der Waals surface area (Å²) in [5, 5.41) is 13.7. The number of amides is 4. The van der Waals surface area contributed by atoms with E-state index in [2.05, 4.69) is 10.6 Å².